The Kier molecular flexibility index (Phi) is 3.61. The fraction of sp³-hybridized carbons (Fsp3) is 0.0909. The minimum atomic E-state index is -0.340. The van der Waals surface area contributed by atoms with Gasteiger partial charge in [0.15, 0.2) is 0 Å². The molecule has 0 saturated heterocycles. The van der Waals surface area contributed by atoms with E-state index in [1.807, 2.05) is 0 Å². The first-order valence-electron chi connectivity index (χ1n) is 4.81. The number of phenols is 1. The van der Waals surface area contributed by atoms with Crippen molar-refractivity contribution in [2.75, 3.05) is 0 Å². The number of halogens is 1. The highest BCUT2D eigenvalue weighted by Crippen LogP contribution is 2.21. The predicted octanol–water partition coefficient (Wildman–Crippen LogP) is 2.43. The van der Waals surface area contributed by atoms with E-state index in [4.69, 9.17) is 11.6 Å². The number of amides is 1. The summed E-state index contributed by atoms with van der Waals surface area (Å²) in [4.78, 5) is 16.6. The summed E-state index contributed by atoms with van der Waals surface area (Å²) in [7, 11) is 0. The van der Waals surface area contributed by atoms with Crippen molar-refractivity contribution in [3.63, 3.8) is 0 Å². The fourth-order valence-electron chi connectivity index (χ4n) is 1.29. The van der Waals surface area contributed by atoms with Crippen LogP contribution in [-0.2, 0) is 6.54 Å². The molecule has 1 aromatic carbocycles. The van der Waals surface area contributed by atoms with E-state index in [1.54, 1.807) is 17.8 Å². The number of thiazole rings is 1. The summed E-state index contributed by atoms with van der Waals surface area (Å²) in [5.74, 6) is -0.466. The molecule has 0 saturated carbocycles. The van der Waals surface area contributed by atoms with Gasteiger partial charge in [0, 0.05) is 16.1 Å². The Morgan fingerprint density at radius 3 is 3.00 bits per heavy atom. The topological polar surface area (TPSA) is 62.2 Å². The van der Waals surface area contributed by atoms with Gasteiger partial charge in [-0.2, -0.15) is 0 Å². The Hall–Kier alpha value is -1.59. The Morgan fingerprint density at radius 1 is 1.53 bits per heavy atom. The van der Waals surface area contributed by atoms with Gasteiger partial charge in [-0.15, -0.1) is 11.3 Å². The van der Waals surface area contributed by atoms with Gasteiger partial charge in [0.2, 0.25) is 0 Å². The van der Waals surface area contributed by atoms with Crippen LogP contribution in [0.4, 0.5) is 0 Å². The summed E-state index contributed by atoms with van der Waals surface area (Å²) >= 11 is 7.14. The number of hydrogen-bond acceptors (Lipinski definition) is 4. The minimum Gasteiger partial charge on any atom is -0.507 e. The van der Waals surface area contributed by atoms with Gasteiger partial charge in [0.25, 0.3) is 5.91 Å². The molecule has 0 spiro atoms. The molecular weight excluding hydrogens is 260 g/mol. The molecule has 1 heterocycles. The fourth-order valence-corrected chi connectivity index (χ4v) is 1.99. The van der Waals surface area contributed by atoms with Crippen LogP contribution in [0, 0.1) is 0 Å². The monoisotopic (exact) mass is 268 g/mol. The Balaban J connectivity index is 2.04. The SMILES string of the molecule is O=C(NCc1cncs1)c1ccc(Cl)cc1O. The van der Waals surface area contributed by atoms with Crippen molar-refractivity contribution < 1.29 is 9.90 Å². The van der Waals surface area contributed by atoms with Crippen molar-refractivity contribution in [1.82, 2.24) is 10.3 Å². The van der Waals surface area contributed by atoms with Crippen LogP contribution in [0.1, 0.15) is 15.2 Å². The molecule has 0 aliphatic heterocycles. The van der Waals surface area contributed by atoms with E-state index < -0.39 is 0 Å². The summed E-state index contributed by atoms with van der Waals surface area (Å²) in [6.07, 6.45) is 1.69. The van der Waals surface area contributed by atoms with Crippen molar-refractivity contribution >= 4 is 28.8 Å². The lowest BCUT2D eigenvalue weighted by atomic mass is 10.2. The van der Waals surface area contributed by atoms with Crippen LogP contribution in [-0.4, -0.2) is 16.0 Å². The number of nitrogens with zero attached hydrogens (tertiary/aromatic N) is 1. The van der Waals surface area contributed by atoms with Crippen LogP contribution < -0.4 is 5.32 Å². The van der Waals surface area contributed by atoms with Crippen LogP contribution in [0.2, 0.25) is 5.02 Å². The number of rotatable bonds is 3. The molecule has 0 radical (unpaired) electrons. The molecule has 0 aliphatic carbocycles. The number of nitrogens with one attached hydrogen (secondary N) is 1. The van der Waals surface area contributed by atoms with Gasteiger partial charge in [0.1, 0.15) is 5.75 Å². The normalized spacial score (nSPS) is 10.2. The van der Waals surface area contributed by atoms with Gasteiger partial charge >= 0.3 is 0 Å². The van der Waals surface area contributed by atoms with E-state index in [2.05, 4.69) is 10.3 Å². The third-order valence-electron chi connectivity index (χ3n) is 2.11. The lowest BCUT2D eigenvalue weighted by Gasteiger charge is -2.05. The summed E-state index contributed by atoms with van der Waals surface area (Å²) in [5.41, 5.74) is 1.90. The highest BCUT2D eigenvalue weighted by molar-refractivity contribution is 7.09. The van der Waals surface area contributed by atoms with E-state index >= 15 is 0 Å². The number of aromatic nitrogens is 1. The first-order chi connectivity index (χ1) is 8.16. The number of benzene rings is 1. The van der Waals surface area contributed by atoms with Crippen molar-refractivity contribution in [3.8, 4) is 5.75 Å². The third-order valence-corrected chi connectivity index (χ3v) is 3.13. The van der Waals surface area contributed by atoms with Crippen LogP contribution in [0.25, 0.3) is 0 Å². The summed E-state index contributed by atoms with van der Waals surface area (Å²) in [6.45, 7) is 0.394. The highest BCUT2D eigenvalue weighted by atomic mass is 35.5. The molecule has 0 bridgehead atoms. The van der Waals surface area contributed by atoms with Crippen LogP contribution in [0.3, 0.4) is 0 Å². The molecular formula is C11H9ClN2O2S. The van der Waals surface area contributed by atoms with Crippen LogP contribution in [0.15, 0.2) is 29.9 Å². The molecule has 2 aromatic rings. The Morgan fingerprint density at radius 2 is 2.35 bits per heavy atom. The zero-order chi connectivity index (χ0) is 12.3. The van der Waals surface area contributed by atoms with Gasteiger partial charge in [0.05, 0.1) is 17.6 Å². The molecule has 17 heavy (non-hydrogen) atoms. The first-order valence-corrected chi connectivity index (χ1v) is 6.06. The number of carbonyl (C=O) groups is 1. The molecule has 4 nitrogen and oxygen atoms in total. The Bertz CT molecular complexity index is 528. The zero-order valence-electron chi connectivity index (χ0n) is 8.68. The van der Waals surface area contributed by atoms with Crippen LogP contribution in [0.5, 0.6) is 5.75 Å². The maximum absolute atomic E-state index is 11.7. The molecule has 2 N–H and O–H groups in total. The second-order valence-corrected chi connectivity index (χ2v) is 4.72. The van der Waals surface area contributed by atoms with E-state index in [-0.39, 0.29) is 17.2 Å². The van der Waals surface area contributed by atoms with Gasteiger partial charge in [-0.05, 0) is 18.2 Å². The second kappa shape index (κ2) is 5.16. The molecule has 2 rings (SSSR count). The lowest BCUT2D eigenvalue weighted by molar-refractivity contribution is 0.0948. The number of carbonyl (C=O) groups excluding carboxylic acids is 1. The maximum atomic E-state index is 11.7. The quantitative estimate of drug-likeness (QED) is 0.899. The average Bonchev–Trinajstić information content (AvgIpc) is 2.78. The van der Waals surface area contributed by atoms with Crippen molar-refractivity contribution in [3.05, 3.63) is 45.4 Å². The third kappa shape index (κ3) is 2.95. The zero-order valence-corrected chi connectivity index (χ0v) is 10.3. The molecule has 0 unspecified atom stereocenters. The molecule has 0 atom stereocenters. The van der Waals surface area contributed by atoms with Crippen molar-refractivity contribution in [1.29, 1.82) is 0 Å². The smallest absolute Gasteiger partial charge is 0.255 e. The number of hydrogen-bond donors (Lipinski definition) is 2. The summed E-state index contributed by atoms with van der Waals surface area (Å²) in [6, 6.07) is 4.38. The summed E-state index contributed by atoms with van der Waals surface area (Å²) in [5, 5.41) is 12.6. The van der Waals surface area contributed by atoms with E-state index in [1.165, 1.54) is 23.5 Å². The van der Waals surface area contributed by atoms with Gasteiger partial charge in [-0.25, -0.2) is 0 Å². The van der Waals surface area contributed by atoms with E-state index in [0.29, 0.717) is 11.6 Å². The lowest BCUT2D eigenvalue weighted by Crippen LogP contribution is -2.22. The van der Waals surface area contributed by atoms with Crippen LogP contribution >= 0.6 is 22.9 Å². The summed E-state index contributed by atoms with van der Waals surface area (Å²) < 4.78 is 0. The van der Waals surface area contributed by atoms with E-state index in [9.17, 15) is 9.90 Å². The largest absolute Gasteiger partial charge is 0.507 e. The van der Waals surface area contributed by atoms with Crippen molar-refractivity contribution in [2.45, 2.75) is 6.54 Å². The van der Waals surface area contributed by atoms with E-state index in [0.717, 1.165) is 4.88 Å². The predicted molar refractivity (Wildman–Crippen MR) is 66.4 cm³/mol. The number of aromatic hydroxyl groups is 1. The molecule has 1 amide bonds. The van der Waals surface area contributed by atoms with Gasteiger partial charge in [-0.1, -0.05) is 11.6 Å². The first kappa shape index (κ1) is 11.9. The highest BCUT2D eigenvalue weighted by Gasteiger charge is 2.11. The maximum Gasteiger partial charge on any atom is 0.255 e. The molecule has 88 valence electrons. The Labute approximate surface area is 107 Å². The average molecular weight is 269 g/mol. The minimum absolute atomic E-state index is 0.126. The number of phenolic OH excluding ortho intramolecular Hbond substituents is 1. The molecule has 0 fully saturated rings. The van der Waals surface area contributed by atoms with Crippen molar-refractivity contribution in [2.24, 2.45) is 0 Å². The second-order valence-electron chi connectivity index (χ2n) is 3.31. The van der Waals surface area contributed by atoms with Gasteiger partial charge in [-0.3, -0.25) is 9.78 Å². The van der Waals surface area contributed by atoms with Gasteiger partial charge < -0.3 is 10.4 Å². The standard InChI is InChI=1S/C11H9ClN2O2S/c12-7-1-2-9(10(15)3-7)11(16)14-5-8-4-13-6-17-8/h1-4,6,15H,5H2,(H,14,16). The molecule has 0 aliphatic rings. The molecule has 1 aromatic heterocycles. The molecule has 6 heteroatoms.